The van der Waals surface area contributed by atoms with Crippen molar-refractivity contribution in [2.45, 2.75) is 93.4 Å². The van der Waals surface area contributed by atoms with Gasteiger partial charge in [0.25, 0.3) is 0 Å². The van der Waals surface area contributed by atoms with Crippen LogP contribution in [0.4, 0.5) is 0 Å². The Hall–Kier alpha value is -1.70. The average molecular weight is 387 g/mol. The summed E-state index contributed by atoms with van der Waals surface area (Å²) in [6.07, 6.45) is 16.4. The molecule has 0 heterocycles. The van der Waals surface area contributed by atoms with E-state index in [1.807, 2.05) is 6.08 Å². The molecule has 0 aromatic rings. The number of hydrogen-bond donors (Lipinski definition) is 0. The average Bonchev–Trinajstić information content (AvgIpc) is 2.57. The van der Waals surface area contributed by atoms with Crippen LogP contribution in [0.1, 0.15) is 93.4 Å². The number of carbonyl (C=O) groups is 2. The van der Waals surface area contributed by atoms with Crippen molar-refractivity contribution in [2.75, 3.05) is 0 Å². The van der Waals surface area contributed by atoms with Gasteiger partial charge < -0.3 is 0 Å². The van der Waals surface area contributed by atoms with Gasteiger partial charge in [-0.3, -0.25) is 9.59 Å². The number of rotatable bonds is 14. The second-order valence-corrected chi connectivity index (χ2v) is 8.69. The molecule has 0 bridgehead atoms. The molecule has 0 fully saturated rings. The maximum Gasteiger partial charge on any atom is 0.156 e. The van der Waals surface area contributed by atoms with Crippen LogP contribution >= 0.6 is 0 Å². The fourth-order valence-corrected chi connectivity index (χ4v) is 2.94. The van der Waals surface area contributed by atoms with Crippen LogP contribution < -0.4 is 0 Å². The molecule has 0 spiro atoms. The van der Waals surface area contributed by atoms with Crippen molar-refractivity contribution in [3.05, 3.63) is 47.1 Å². The number of allylic oxidation sites excluding steroid dienone is 8. The summed E-state index contributed by atoms with van der Waals surface area (Å²) >= 11 is 0. The van der Waals surface area contributed by atoms with E-state index in [2.05, 4.69) is 59.8 Å². The highest BCUT2D eigenvalue weighted by molar-refractivity contribution is 5.93. The molecule has 0 aliphatic heterocycles. The fraction of sp³-hybridized carbons (Fsp3) is 0.615. The lowest BCUT2D eigenvalue weighted by atomic mass is 9.93. The van der Waals surface area contributed by atoms with Gasteiger partial charge in [-0.2, -0.15) is 0 Å². The number of ketones is 2. The summed E-state index contributed by atoms with van der Waals surface area (Å²) in [4.78, 5) is 24.2. The maximum atomic E-state index is 12.3. The van der Waals surface area contributed by atoms with Crippen molar-refractivity contribution in [1.82, 2.24) is 0 Å². The highest BCUT2D eigenvalue weighted by Crippen LogP contribution is 2.17. The van der Waals surface area contributed by atoms with Crippen molar-refractivity contribution in [3.63, 3.8) is 0 Å². The summed E-state index contributed by atoms with van der Waals surface area (Å²) in [6.45, 7) is 14.4. The van der Waals surface area contributed by atoms with Gasteiger partial charge in [-0.05, 0) is 92.1 Å². The van der Waals surface area contributed by atoms with Crippen LogP contribution in [-0.2, 0) is 9.59 Å². The van der Waals surface area contributed by atoms with Crippen LogP contribution in [0.15, 0.2) is 47.1 Å². The van der Waals surface area contributed by atoms with E-state index in [4.69, 9.17) is 0 Å². The molecule has 158 valence electrons. The smallest absolute Gasteiger partial charge is 0.156 e. The number of Topliss-reactive ketones (excluding diaryl/α,β-unsaturated/α-hetero) is 1. The van der Waals surface area contributed by atoms with Crippen molar-refractivity contribution in [1.29, 1.82) is 0 Å². The Morgan fingerprint density at radius 1 is 0.821 bits per heavy atom. The van der Waals surface area contributed by atoms with Gasteiger partial charge >= 0.3 is 0 Å². The van der Waals surface area contributed by atoms with Crippen molar-refractivity contribution in [2.24, 2.45) is 11.8 Å². The van der Waals surface area contributed by atoms with Gasteiger partial charge in [0.1, 0.15) is 5.78 Å². The first kappa shape index (κ1) is 26.3. The molecule has 0 saturated carbocycles. The van der Waals surface area contributed by atoms with Crippen molar-refractivity contribution in [3.8, 4) is 0 Å². The molecule has 2 unspecified atom stereocenters. The van der Waals surface area contributed by atoms with Gasteiger partial charge in [-0.15, -0.1) is 0 Å². The minimum absolute atomic E-state index is 0.0623. The zero-order chi connectivity index (χ0) is 21.5. The molecule has 0 saturated heterocycles. The molecular formula is C26H42O2. The van der Waals surface area contributed by atoms with Crippen LogP contribution in [-0.4, -0.2) is 11.6 Å². The van der Waals surface area contributed by atoms with E-state index in [1.54, 1.807) is 13.0 Å². The highest BCUT2D eigenvalue weighted by atomic mass is 16.1. The van der Waals surface area contributed by atoms with Gasteiger partial charge in [0.15, 0.2) is 5.78 Å². The zero-order valence-corrected chi connectivity index (χ0v) is 19.3. The Kier molecular flexibility index (Phi) is 14.3. The standard InChI is InChI=1S/C26H42O2/c1-20(2)11-8-13-22(5)15-10-16-26(28)19-25(24(7)27)18-17-23(6)14-9-12-21(3)4/h10-12,16-17,22,25H,8-9,13-15,18-19H2,1-7H3/b16-10?,23-17+. The summed E-state index contributed by atoms with van der Waals surface area (Å²) < 4.78 is 0. The molecule has 0 radical (unpaired) electrons. The first-order chi connectivity index (χ1) is 13.1. The van der Waals surface area contributed by atoms with E-state index < -0.39 is 0 Å². The van der Waals surface area contributed by atoms with Gasteiger partial charge in [-0.1, -0.05) is 47.9 Å². The summed E-state index contributed by atoms with van der Waals surface area (Å²) in [6, 6.07) is 0. The number of carbonyl (C=O) groups excluding carboxylic acids is 2. The molecule has 2 heteroatoms. The van der Waals surface area contributed by atoms with E-state index in [-0.39, 0.29) is 17.5 Å². The Morgan fingerprint density at radius 2 is 1.43 bits per heavy atom. The quantitative estimate of drug-likeness (QED) is 0.228. The minimum Gasteiger partial charge on any atom is -0.300 e. The highest BCUT2D eigenvalue weighted by Gasteiger charge is 2.16. The van der Waals surface area contributed by atoms with Crippen molar-refractivity contribution < 1.29 is 9.59 Å². The molecular weight excluding hydrogens is 344 g/mol. The predicted octanol–water partition coefficient (Wildman–Crippen LogP) is 7.56. The molecule has 2 atom stereocenters. The molecule has 0 aliphatic rings. The van der Waals surface area contributed by atoms with Gasteiger partial charge in [0.2, 0.25) is 0 Å². The maximum absolute atomic E-state index is 12.3. The Balaban J connectivity index is 4.44. The second-order valence-electron chi connectivity index (χ2n) is 8.69. The second kappa shape index (κ2) is 15.2. The predicted molar refractivity (Wildman–Crippen MR) is 122 cm³/mol. The third-order valence-electron chi connectivity index (χ3n) is 4.92. The molecule has 0 rings (SSSR count). The molecule has 0 aromatic heterocycles. The van der Waals surface area contributed by atoms with E-state index in [0.717, 1.165) is 32.1 Å². The fourth-order valence-electron chi connectivity index (χ4n) is 2.94. The summed E-state index contributed by atoms with van der Waals surface area (Å²) in [5, 5.41) is 0. The normalized spacial score (nSPS) is 13.9. The molecule has 0 amide bonds. The summed E-state index contributed by atoms with van der Waals surface area (Å²) in [5.41, 5.74) is 3.98. The minimum atomic E-state index is -0.203. The molecule has 2 nitrogen and oxygen atoms in total. The van der Waals surface area contributed by atoms with Crippen LogP contribution in [0.3, 0.4) is 0 Å². The van der Waals surface area contributed by atoms with Crippen LogP contribution in [0.5, 0.6) is 0 Å². The molecule has 0 N–H and O–H groups in total. The topological polar surface area (TPSA) is 34.1 Å². The van der Waals surface area contributed by atoms with E-state index in [1.165, 1.54) is 16.7 Å². The first-order valence-electron chi connectivity index (χ1n) is 10.7. The number of hydrogen-bond acceptors (Lipinski definition) is 2. The zero-order valence-electron chi connectivity index (χ0n) is 19.3. The SMILES string of the molecule is CC(=O)C(C/C=C(\C)CCC=C(C)C)CC(=O)C=CCC(C)CCC=C(C)C. The first-order valence-corrected chi connectivity index (χ1v) is 10.7. The van der Waals surface area contributed by atoms with Gasteiger partial charge in [-0.25, -0.2) is 0 Å². The van der Waals surface area contributed by atoms with Crippen LogP contribution in [0.25, 0.3) is 0 Å². The lowest BCUT2D eigenvalue weighted by Gasteiger charge is -2.10. The van der Waals surface area contributed by atoms with Crippen LogP contribution in [0, 0.1) is 11.8 Å². The summed E-state index contributed by atoms with van der Waals surface area (Å²) in [5.74, 6) is 0.526. The Morgan fingerprint density at radius 3 is 2.00 bits per heavy atom. The summed E-state index contributed by atoms with van der Waals surface area (Å²) in [7, 11) is 0. The Labute approximate surface area is 173 Å². The monoisotopic (exact) mass is 386 g/mol. The van der Waals surface area contributed by atoms with E-state index in [0.29, 0.717) is 18.8 Å². The van der Waals surface area contributed by atoms with Crippen LogP contribution in [0.2, 0.25) is 0 Å². The molecule has 0 aliphatic carbocycles. The van der Waals surface area contributed by atoms with E-state index >= 15 is 0 Å². The molecule has 0 aromatic carbocycles. The van der Waals surface area contributed by atoms with Gasteiger partial charge in [0, 0.05) is 12.3 Å². The Bertz CT molecular complexity index is 594. The largest absolute Gasteiger partial charge is 0.300 e. The third kappa shape index (κ3) is 15.4. The third-order valence-corrected chi connectivity index (χ3v) is 4.92. The lowest BCUT2D eigenvalue weighted by Crippen LogP contribution is -2.14. The lowest BCUT2D eigenvalue weighted by molar-refractivity contribution is -0.124. The molecule has 28 heavy (non-hydrogen) atoms. The van der Waals surface area contributed by atoms with Gasteiger partial charge in [0.05, 0.1) is 0 Å². The van der Waals surface area contributed by atoms with E-state index in [9.17, 15) is 9.59 Å². The van der Waals surface area contributed by atoms with Crippen molar-refractivity contribution >= 4 is 11.6 Å².